The summed E-state index contributed by atoms with van der Waals surface area (Å²) in [7, 11) is -3.45. The van der Waals surface area contributed by atoms with Crippen LogP contribution in [0.25, 0.3) is 0 Å². The Morgan fingerprint density at radius 3 is 2.45 bits per heavy atom. The smallest absolute Gasteiger partial charge is 0.240 e. The number of nitrogens with one attached hydrogen (secondary N) is 1. The molecular weight excluding hydrogens is 302 g/mol. The van der Waals surface area contributed by atoms with Crippen LogP contribution in [0.1, 0.15) is 5.56 Å². The normalized spacial score (nSPS) is 13.8. The molecule has 0 amide bonds. The van der Waals surface area contributed by atoms with E-state index in [4.69, 9.17) is 9.47 Å². The van der Waals surface area contributed by atoms with Gasteiger partial charge in [0.2, 0.25) is 10.0 Å². The molecule has 6 heteroatoms. The Hall–Kier alpha value is -2.05. The van der Waals surface area contributed by atoms with Crippen LogP contribution in [0.2, 0.25) is 0 Å². The third-order valence-electron chi connectivity index (χ3n) is 3.37. The van der Waals surface area contributed by atoms with E-state index in [0.717, 1.165) is 17.1 Å². The highest BCUT2D eigenvalue weighted by molar-refractivity contribution is 7.89. The maximum atomic E-state index is 12.1. The fourth-order valence-electron chi connectivity index (χ4n) is 2.26. The van der Waals surface area contributed by atoms with Gasteiger partial charge in [0.15, 0.2) is 11.5 Å². The van der Waals surface area contributed by atoms with Crippen molar-refractivity contribution in [3.8, 4) is 11.5 Å². The van der Waals surface area contributed by atoms with Crippen LogP contribution in [0.5, 0.6) is 11.5 Å². The van der Waals surface area contributed by atoms with Crippen LogP contribution in [-0.2, 0) is 16.4 Å². The van der Waals surface area contributed by atoms with E-state index in [9.17, 15) is 8.42 Å². The van der Waals surface area contributed by atoms with E-state index in [0.29, 0.717) is 26.2 Å². The highest BCUT2D eigenvalue weighted by atomic mass is 32.2. The molecule has 2 aromatic carbocycles. The minimum Gasteiger partial charge on any atom is -0.486 e. The van der Waals surface area contributed by atoms with Crippen molar-refractivity contribution in [2.24, 2.45) is 0 Å². The summed E-state index contributed by atoms with van der Waals surface area (Å²) in [5.41, 5.74) is 1.00. The van der Waals surface area contributed by atoms with Crippen LogP contribution in [0.3, 0.4) is 0 Å². The van der Waals surface area contributed by atoms with Gasteiger partial charge in [-0.3, -0.25) is 0 Å². The molecule has 1 aliphatic rings. The first-order valence-electron chi connectivity index (χ1n) is 7.08. The van der Waals surface area contributed by atoms with E-state index in [2.05, 4.69) is 4.72 Å². The molecule has 22 heavy (non-hydrogen) atoms. The molecule has 0 bridgehead atoms. The third kappa shape index (κ3) is 3.40. The minimum atomic E-state index is -3.45. The summed E-state index contributed by atoms with van der Waals surface area (Å²) in [5, 5.41) is 0. The lowest BCUT2D eigenvalue weighted by molar-refractivity contribution is 0.171. The number of benzene rings is 2. The average molecular weight is 319 g/mol. The van der Waals surface area contributed by atoms with Crippen LogP contribution >= 0.6 is 0 Å². The van der Waals surface area contributed by atoms with Gasteiger partial charge >= 0.3 is 0 Å². The zero-order chi connectivity index (χ0) is 15.4. The van der Waals surface area contributed by atoms with E-state index in [1.165, 1.54) is 0 Å². The average Bonchev–Trinajstić information content (AvgIpc) is 2.55. The Balaban J connectivity index is 1.61. The number of fused-ring (bicyclic) bond motifs is 1. The van der Waals surface area contributed by atoms with Gasteiger partial charge in [-0.25, -0.2) is 13.1 Å². The van der Waals surface area contributed by atoms with Crippen LogP contribution < -0.4 is 14.2 Å². The molecule has 0 radical (unpaired) electrons. The van der Waals surface area contributed by atoms with E-state index >= 15 is 0 Å². The summed E-state index contributed by atoms with van der Waals surface area (Å²) in [5.74, 6) is 1.45. The Kier molecular flexibility index (Phi) is 4.31. The van der Waals surface area contributed by atoms with Crippen molar-refractivity contribution in [1.29, 1.82) is 0 Å². The standard InChI is InChI=1S/C16H17NO4S/c18-22(19,14-4-2-1-3-5-14)17-9-8-13-6-7-15-16(12-13)21-11-10-20-15/h1-7,12,17H,8-11H2. The Bertz CT molecular complexity index is 744. The molecule has 3 rings (SSSR count). The van der Waals surface area contributed by atoms with Gasteiger partial charge in [0.05, 0.1) is 4.90 Å². The minimum absolute atomic E-state index is 0.275. The highest BCUT2D eigenvalue weighted by Gasteiger charge is 2.14. The van der Waals surface area contributed by atoms with Crippen molar-refractivity contribution in [1.82, 2.24) is 4.72 Å². The molecule has 2 aromatic rings. The van der Waals surface area contributed by atoms with Crippen molar-refractivity contribution in [2.75, 3.05) is 19.8 Å². The van der Waals surface area contributed by atoms with Gasteiger partial charge in [-0.15, -0.1) is 0 Å². The molecule has 0 saturated carbocycles. The second kappa shape index (κ2) is 6.37. The van der Waals surface area contributed by atoms with Crippen molar-refractivity contribution in [3.63, 3.8) is 0 Å². The monoisotopic (exact) mass is 319 g/mol. The molecule has 1 aliphatic heterocycles. The molecule has 0 aromatic heterocycles. The van der Waals surface area contributed by atoms with Gasteiger partial charge < -0.3 is 9.47 Å². The quantitative estimate of drug-likeness (QED) is 0.915. The lowest BCUT2D eigenvalue weighted by Gasteiger charge is -2.18. The summed E-state index contributed by atoms with van der Waals surface area (Å²) in [6.45, 7) is 1.43. The van der Waals surface area contributed by atoms with Crippen LogP contribution in [0, 0.1) is 0 Å². The molecule has 0 unspecified atom stereocenters. The lowest BCUT2D eigenvalue weighted by Crippen LogP contribution is -2.26. The molecular formula is C16H17NO4S. The first-order chi connectivity index (χ1) is 10.6. The lowest BCUT2D eigenvalue weighted by atomic mass is 10.1. The molecule has 0 saturated heterocycles. The number of rotatable bonds is 5. The molecule has 0 spiro atoms. The molecule has 1 heterocycles. The maximum absolute atomic E-state index is 12.1. The SMILES string of the molecule is O=S(=O)(NCCc1ccc2c(c1)OCCO2)c1ccccc1. The number of hydrogen-bond acceptors (Lipinski definition) is 4. The maximum Gasteiger partial charge on any atom is 0.240 e. The summed E-state index contributed by atoms with van der Waals surface area (Å²) >= 11 is 0. The predicted molar refractivity (Wildman–Crippen MR) is 82.8 cm³/mol. The number of ether oxygens (including phenoxy) is 2. The third-order valence-corrected chi connectivity index (χ3v) is 4.84. The molecule has 5 nitrogen and oxygen atoms in total. The van der Waals surface area contributed by atoms with Crippen molar-refractivity contribution in [3.05, 3.63) is 54.1 Å². The van der Waals surface area contributed by atoms with E-state index in [1.54, 1.807) is 30.3 Å². The Morgan fingerprint density at radius 2 is 1.68 bits per heavy atom. The van der Waals surface area contributed by atoms with Crippen LogP contribution in [-0.4, -0.2) is 28.2 Å². The van der Waals surface area contributed by atoms with Gasteiger partial charge in [0, 0.05) is 6.54 Å². The first kappa shape index (κ1) is 14.9. The summed E-state index contributed by atoms with van der Waals surface area (Å²) in [6, 6.07) is 14.0. The van der Waals surface area contributed by atoms with Gasteiger partial charge in [-0.05, 0) is 36.2 Å². The fraction of sp³-hybridized carbons (Fsp3) is 0.250. The number of hydrogen-bond donors (Lipinski definition) is 1. The Morgan fingerprint density at radius 1 is 0.955 bits per heavy atom. The number of sulfonamides is 1. The Labute approximate surface area is 129 Å². The van der Waals surface area contributed by atoms with Crippen LogP contribution in [0.15, 0.2) is 53.4 Å². The predicted octanol–water partition coefficient (Wildman–Crippen LogP) is 1.98. The van der Waals surface area contributed by atoms with Gasteiger partial charge in [-0.2, -0.15) is 0 Å². The molecule has 1 N–H and O–H groups in total. The van der Waals surface area contributed by atoms with Crippen molar-refractivity contribution in [2.45, 2.75) is 11.3 Å². The van der Waals surface area contributed by atoms with E-state index in [-0.39, 0.29) is 4.90 Å². The van der Waals surface area contributed by atoms with E-state index < -0.39 is 10.0 Å². The topological polar surface area (TPSA) is 64.6 Å². The molecule has 0 atom stereocenters. The molecule has 0 fully saturated rings. The molecule has 0 aliphatic carbocycles. The summed E-state index contributed by atoms with van der Waals surface area (Å²) in [4.78, 5) is 0.275. The second-order valence-corrected chi connectivity index (χ2v) is 6.71. The van der Waals surface area contributed by atoms with Gasteiger partial charge in [0.1, 0.15) is 13.2 Å². The first-order valence-corrected chi connectivity index (χ1v) is 8.57. The summed E-state index contributed by atoms with van der Waals surface area (Å²) < 4.78 is 37.8. The fourth-order valence-corrected chi connectivity index (χ4v) is 3.31. The van der Waals surface area contributed by atoms with Gasteiger partial charge in [-0.1, -0.05) is 24.3 Å². The molecule has 116 valence electrons. The van der Waals surface area contributed by atoms with E-state index in [1.807, 2.05) is 18.2 Å². The van der Waals surface area contributed by atoms with Crippen LogP contribution in [0.4, 0.5) is 0 Å². The zero-order valence-corrected chi connectivity index (χ0v) is 12.8. The van der Waals surface area contributed by atoms with Gasteiger partial charge in [0.25, 0.3) is 0 Å². The largest absolute Gasteiger partial charge is 0.486 e. The second-order valence-electron chi connectivity index (χ2n) is 4.94. The highest BCUT2D eigenvalue weighted by Crippen LogP contribution is 2.30. The van der Waals surface area contributed by atoms with Crippen molar-refractivity contribution < 1.29 is 17.9 Å². The van der Waals surface area contributed by atoms with Crippen molar-refractivity contribution >= 4 is 10.0 Å². The summed E-state index contributed by atoms with van der Waals surface area (Å²) in [6.07, 6.45) is 0.586. The zero-order valence-electron chi connectivity index (χ0n) is 12.0.